The molecule has 2 atom stereocenters. The van der Waals surface area contributed by atoms with E-state index in [0.717, 1.165) is 0 Å². The zero-order valence-corrected chi connectivity index (χ0v) is 7.21. The molecule has 0 aromatic heterocycles. The van der Waals surface area contributed by atoms with Crippen molar-refractivity contribution in [3.63, 3.8) is 0 Å². The fraction of sp³-hybridized carbons (Fsp3) is 0.571. The van der Waals surface area contributed by atoms with Crippen molar-refractivity contribution >= 4 is 23.5 Å². The molecule has 0 heterocycles. The maximum Gasteiger partial charge on any atom is 0.326 e. The van der Waals surface area contributed by atoms with E-state index in [4.69, 9.17) is 21.8 Å². The average molecular weight is 193 g/mol. The molecule has 0 aliphatic rings. The van der Waals surface area contributed by atoms with Crippen molar-refractivity contribution in [3.8, 4) is 0 Å². The van der Waals surface area contributed by atoms with Gasteiger partial charge in [-0.25, -0.2) is 4.79 Å². The van der Waals surface area contributed by atoms with Crippen LogP contribution in [0.5, 0.6) is 0 Å². The van der Waals surface area contributed by atoms with Crippen LogP contribution in [0, 0.1) is 0 Å². The molecule has 0 radical (unpaired) electrons. The minimum absolute atomic E-state index is 0.0655. The first kappa shape index (κ1) is 11.2. The Morgan fingerprint density at radius 2 is 2.17 bits per heavy atom. The second kappa shape index (κ2) is 4.93. The molecule has 0 saturated carbocycles. The maximum atomic E-state index is 10.3. The van der Waals surface area contributed by atoms with Gasteiger partial charge in [0, 0.05) is 12.0 Å². The number of rotatable bonds is 4. The van der Waals surface area contributed by atoms with Gasteiger partial charge in [0.25, 0.3) is 0 Å². The van der Waals surface area contributed by atoms with Crippen LogP contribution in [0.4, 0.5) is 0 Å². The highest BCUT2D eigenvalue weighted by molar-refractivity contribution is 6.32. The molecule has 0 aromatic carbocycles. The van der Waals surface area contributed by atoms with Crippen molar-refractivity contribution in [1.82, 2.24) is 0 Å². The average Bonchev–Trinajstić information content (AvgIpc) is 1.98. The van der Waals surface area contributed by atoms with E-state index in [2.05, 4.69) is 0 Å². The number of aliphatic carboxylic acids is 1. The number of aliphatic hydroxyl groups is 1. The number of hydrogen-bond donors (Lipinski definition) is 2. The monoisotopic (exact) mass is 192 g/mol. The molecule has 0 saturated heterocycles. The van der Waals surface area contributed by atoms with Gasteiger partial charge in [-0.3, -0.25) is 4.79 Å². The summed E-state index contributed by atoms with van der Waals surface area (Å²) in [6, 6.07) is 0. The van der Waals surface area contributed by atoms with Crippen LogP contribution in [0.1, 0.15) is 13.3 Å². The van der Waals surface area contributed by atoms with Crippen molar-refractivity contribution < 1.29 is 19.8 Å². The van der Waals surface area contributed by atoms with Crippen LogP contribution in [0.15, 0.2) is 5.57 Å². The second-order valence-corrected chi connectivity index (χ2v) is 2.82. The first-order chi connectivity index (χ1) is 5.49. The summed E-state index contributed by atoms with van der Waals surface area (Å²) in [5.41, 5.74) is -0.140. The Kier molecular flexibility index (Phi) is 4.59. The molecular weight excluding hydrogens is 184 g/mol. The lowest BCUT2D eigenvalue weighted by molar-refractivity contribution is -0.135. The Hall–Kier alpha value is -0.830. The molecule has 0 fully saturated rings. The van der Waals surface area contributed by atoms with E-state index in [1.807, 2.05) is 0 Å². The fourth-order valence-corrected chi connectivity index (χ4v) is 0.798. The summed E-state index contributed by atoms with van der Waals surface area (Å²) in [6.07, 6.45) is -0.855. The number of carbonyl (C=O) groups excluding carboxylic acids is 1. The summed E-state index contributed by atoms with van der Waals surface area (Å²) in [5, 5.41) is 15.8. The van der Waals surface area contributed by atoms with Gasteiger partial charge in [0.05, 0.1) is 6.10 Å². The lowest BCUT2D eigenvalue weighted by Crippen LogP contribution is -2.19. The summed E-state index contributed by atoms with van der Waals surface area (Å²) < 4.78 is 0. The Morgan fingerprint density at radius 3 is 2.42 bits per heavy atom. The third-order valence-electron chi connectivity index (χ3n) is 1.17. The van der Waals surface area contributed by atoms with Gasteiger partial charge in [0.1, 0.15) is 5.94 Å². The summed E-state index contributed by atoms with van der Waals surface area (Å²) in [5.74, 6) is 0.0988. The third-order valence-corrected chi connectivity index (χ3v) is 1.62. The normalized spacial score (nSPS) is 14.6. The summed E-state index contributed by atoms with van der Waals surface area (Å²) in [6.45, 7) is 1.43. The van der Waals surface area contributed by atoms with Crippen molar-refractivity contribution in [3.05, 3.63) is 5.57 Å². The Balaban J connectivity index is 4.38. The van der Waals surface area contributed by atoms with Crippen LogP contribution in [-0.2, 0) is 9.59 Å². The smallest absolute Gasteiger partial charge is 0.326 e. The lowest BCUT2D eigenvalue weighted by atomic mass is 10.1. The molecule has 0 amide bonds. The molecule has 2 N–H and O–H groups in total. The van der Waals surface area contributed by atoms with Gasteiger partial charge < -0.3 is 10.2 Å². The van der Waals surface area contributed by atoms with Crippen molar-refractivity contribution in [1.29, 1.82) is 0 Å². The highest BCUT2D eigenvalue weighted by Crippen LogP contribution is 2.13. The van der Waals surface area contributed by atoms with Gasteiger partial charge >= 0.3 is 5.97 Å². The molecule has 0 rings (SSSR count). The van der Waals surface area contributed by atoms with Crippen LogP contribution in [-0.4, -0.2) is 33.6 Å². The highest BCUT2D eigenvalue weighted by atomic mass is 35.5. The number of carbonyl (C=O) groups is 1. The van der Waals surface area contributed by atoms with Crippen LogP contribution < -0.4 is 0 Å². The van der Waals surface area contributed by atoms with Gasteiger partial charge in [0.15, 0.2) is 5.38 Å². The van der Waals surface area contributed by atoms with Gasteiger partial charge in [-0.05, 0) is 6.92 Å². The number of alkyl halides is 1. The number of halogens is 1. The number of carboxylic acid groups (broad SMARTS) is 1. The molecular formula is C7H9ClO4. The predicted octanol–water partition coefficient (Wildman–Crippen LogP) is 0.207. The number of carboxylic acids is 1. The summed E-state index contributed by atoms with van der Waals surface area (Å²) >= 11 is 5.32. The minimum atomic E-state index is -1.39. The summed E-state index contributed by atoms with van der Waals surface area (Å²) in [7, 11) is 0. The van der Waals surface area contributed by atoms with E-state index < -0.39 is 17.5 Å². The Morgan fingerprint density at radius 1 is 1.67 bits per heavy atom. The topological polar surface area (TPSA) is 74.6 Å². The molecule has 0 bridgehead atoms. The van der Waals surface area contributed by atoms with Gasteiger partial charge in [-0.15, -0.1) is 11.6 Å². The maximum absolute atomic E-state index is 10.3. The highest BCUT2D eigenvalue weighted by Gasteiger charge is 2.21. The first-order valence-electron chi connectivity index (χ1n) is 3.27. The van der Waals surface area contributed by atoms with E-state index in [1.54, 1.807) is 0 Å². The van der Waals surface area contributed by atoms with Crippen LogP contribution in [0.3, 0.4) is 0 Å². The van der Waals surface area contributed by atoms with Crippen molar-refractivity contribution in [2.45, 2.75) is 24.8 Å². The SMILES string of the molecule is CC(O)CC(=C=O)C(Cl)C(=O)O. The minimum Gasteiger partial charge on any atom is -0.480 e. The quantitative estimate of drug-likeness (QED) is 0.493. The molecule has 68 valence electrons. The molecule has 5 heteroatoms. The number of aliphatic hydroxyl groups excluding tert-OH is 1. The van der Waals surface area contributed by atoms with Crippen LogP contribution in [0.2, 0.25) is 0 Å². The molecule has 2 unspecified atom stereocenters. The van der Waals surface area contributed by atoms with E-state index in [-0.39, 0.29) is 12.0 Å². The van der Waals surface area contributed by atoms with Crippen LogP contribution in [0.25, 0.3) is 0 Å². The van der Waals surface area contributed by atoms with E-state index in [0.29, 0.717) is 0 Å². The van der Waals surface area contributed by atoms with Crippen molar-refractivity contribution in [2.75, 3.05) is 0 Å². The fourth-order valence-electron chi connectivity index (χ4n) is 0.664. The van der Waals surface area contributed by atoms with Crippen molar-refractivity contribution in [2.24, 2.45) is 0 Å². The van der Waals surface area contributed by atoms with Gasteiger partial charge in [0.2, 0.25) is 0 Å². The number of hydrogen-bond acceptors (Lipinski definition) is 3. The molecule has 12 heavy (non-hydrogen) atoms. The molecule has 0 aliphatic carbocycles. The molecule has 0 aromatic rings. The third kappa shape index (κ3) is 3.53. The van der Waals surface area contributed by atoms with E-state index in [9.17, 15) is 9.59 Å². The standard InChI is InChI=1S/C7H9ClO4/c1-4(10)2-5(3-9)6(8)7(11)12/h4,6,10H,2H2,1H3,(H,11,12). The van der Waals surface area contributed by atoms with Gasteiger partial charge in [-0.1, -0.05) is 0 Å². The second-order valence-electron chi connectivity index (χ2n) is 2.38. The lowest BCUT2D eigenvalue weighted by Gasteiger charge is -2.07. The summed E-state index contributed by atoms with van der Waals surface area (Å²) in [4.78, 5) is 20.4. The predicted molar refractivity (Wildman–Crippen MR) is 42.8 cm³/mol. The molecule has 0 aliphatic heterocycles. The molecule has 0 spiro atoms. The zero-order chi connectivity index (χ0) is 9.72. The van der Waals surface area contributed by atoms with E-state index in [1.165, 1.54) is 12.9 Å². The zero-order valence-electron chi connectivity index (χ0n) is 6.45. The first-order valence-corrected chi connectivity index (χ1v) is 3.71. The van der Waals surface area contributed by atoms with Gasteiger partial charge in [-0.2, -0.15) is 0 Å². The van der Waals surface area contributed by atoms with E-state index >= 15 is 0 Å². The Labute approximate surface area is 74.5 Å². The largest absolute Gasteiger partial charge is 0.480 e. The van der Waals surface area contributed by atoms with Crippen LogP contribution >= 0.6 is 11.6 Å². The Bertz CT molecular complexity index is 217. The molecule has 4 nitrogen and oxygen atoms in total.